The van der Waals surface area contributed by atoms with Crippen LogP contribution >= 0.6 is 12.2 Å². The number of rotatable bonds is 3. The summed E-state index contributed by atoms with van der Waals surface area (Å²) in [4.78, 5) is 8.29. The van der Waals surface area contributed by atoms with Crippen LogP contribution in [0.1, 0.15) is 25.4 Å². The maximum atomic E-state index is 5.10. The van der Waals surface area contributed by atoms with Crippen molar-refractivity contribution in [3.8, 4) is 0 Å². The standard InChI is InChI=1S/C10H16N4S/c1-7(2)13-10(15)12-6-9-4-5-11-8(3)14-9/h4-5,7H,6H2,1-3H3,(H2,12,13,15). The highest BCUT2D eigenvalue weighted by Crippen LogP contribution is 1.93. The summed E-state index contributed by atoms with van der Waals surface area (Å²) in [5, 5.41) is 6.85. The molecular weight excluding hydrogens is 208 g/mol. The Morgan fingerprint density at radius 2 is 2.27 bits per heavy atom. The molecule has 0 radical (unpaired) electrons. The third-order valence-electron chi connectivity index (χ3n) is 1.68. The fourth-order valence-electron chi connectivity index (χ4n) is 1.09. The maximum absolute atomic E-state index is 5.10. The van der Waals surface area contributed by atoms with Crippen LogP contribution < -0.4 is 10.6 Å². The van der Waals surface area contributed by atoms with Crippen molar-refractivity contribution >= 4 is 17.3 Å². The summed E-state index contributed by atoms with van der Waals surface area (Å²) in [6.07, 6.45) is 1.75. The first-order chi connectivity index (χ1) is 7.08. The molecule has 0 saturated heterocycles. The van der Waals surface area contributed by atoms with Crippen LogP contribution in [-0.4, -0.2) is 21.1 Å². The van der Waals surface area contributed by atoms with Gasteiger partial charge in [-0.3, -0.25) is 0 Å². The van der Waals surface area contributed by atoms with E-state index in [2.05, 4.69) is 20.6 Å². The van der Waals surface area contributed by atoms with Crippen molar-refractivity contribution in [3.63, 3.8) is 0 Å². The Bertz CT molecular complexity index is 338. The van der Waals surface area contributed by atoms with Crippen LogP contribution in [0, 0.1) is 6.92 Å². The van der Waals surface area contributed by atoms with Gasteiger partial charge in [0.05, 0.1) is 12.2 Å². The van der Waals surface area contributed by atoms with Gasteiger partial charge in [0.25, 0.3) is 0 Å². The second-order valence-corrected chi connectivity index (χ2v) is 3.99. The summed E-state index contributed by atoms with van der Waals surface area (Å²) in [6.45, 7) is 6.59. The highest BCUT2D eigenvalue weighted by atomic mass is 32.1. The zero-order valence-corrected chi connectivity index (χ0v) is 10.1. The molecule has 0 fully saturated rings. The molecule has 0 aliphatic rings. The van der Waals surface area contributed by atoms with E-state index in [0.717, 1.165) is 11.5 Å². The van der Waals surface area contributed by atoms with Gasteiger partial charge in [-0.25, -0.2) is 9.97 Å². The lowest BCUT2D eigenvalue weighted by Crippen LogP contribution is -2.38. The van der Waals surface area contributed by atoms with E-state index in [0.29, 0.717) is 17.7 Å². The number of thiocarbonyl (C=S) groups is 1. The Labute approximate surface area is 95.5 Å². The zero-order chi connectivity index (χ0) is 11.3. The number of aryl methyl sites for hydroxylation is 1. The van der Waals surface area contributed by atoms with Crippen LogP contribution in [0.3, 0.4) is 0 Å². The molecule has 15 heavy (non-hydrogen) atoms. The summed E-state index contributed by atoms with van der Waals surface area (Å²) in [6, 6.07) is 2.22. The average Bonchev–Trinajstić information content (AvgIpc) is 2.14. The SMILES string of the molecule is Cc1nccc(CNC(=S)NC(C)C)n1. The van der Waals surface area contributed by atoms with E-state index in [4.69, 9.17) is 12.2 Å². The molecule has 5 heteroatoms. The van der Waals surface area contributed by atoms with Crippen LogP contribution in [0.25, 0.3) is 0 Å². The van der Waals surface area contributed by atoms with E-state index in [1.807, 2.05) is 26.8 Å². The third-order valence-corrected chi connectivity index (χ3v) is 1.95. The number of aromatic nitrogens is 2. The van der Waals surface area contributed by atoms with Gasteiger partial charge >= 0.3 is 0 Å². The van der Waals surface area contributed by atoms with Crippen LogP contribution in [0.2, 0.25) is 0 Å². The summed E-state index contributed by atoms with van der Waals surface area (Å²) >= 11 is 5.10. The van der Waals surface area contributed by atoms with E-state index in [1.165, 1.54) is 0 Å². The molecule has 0 saturated carbocycles. The second-order valence-electron chi connectivity index (χ2n) is 3.58. The van der Waals surface area contributed by atoms with Gasteiger partial charge in [0.1, 0.15) is 5.82 Å². The molecule has 1 heterocycles. The monoisotopic (exact) mass is 224 g/mol. The highest BCUT2D eigenvalue weighted by molar-refractivity contribution is 7.80. The molecule has 1 aromatic rings. The Morgan fingerprint density at radius 3 is 2.87 bits per heavy atom. The molecule has 0 amide bonds. The van der Waals surface area contributed by atoms with Gasteiger partial charge in [0.15, 0.2) is 5.11 Å². The molecule has 0 aliphatic carbocycles. The number of nitrogens with zero attached hydrogens (tertiary/aromatic N) is 2. The van der Waals surface area contributed by atoms with Crippen molar-refractivity contribution in [1.29, 1.82) is 0 Å². The molecule has 82 valence electrons. The largest absolute Gasteiger partial charge is 0.361 e. The van der Waals surface area contributed by atoms with Crippen molar-refractivity contribution in [2.24, 2.45) is 0 Å². The summed E-state index contributed by atoms with van der Waals surface area (Å²) in [5.74, 6) is 0.775. The summed E-state index contributed by atoms with van der Waals surface area (Å²) < 4.78 is 0. The van der Waals surface area contributed by atoms with Gasteiger partial charge in [0, 0.05) is 12.2 Å². The van der Waals surface area contributed by atoms with Crippen LogP contribution in [0.15, 0.2) is 12.3 Å². The molecule has 1 aromatic heterocycles. The van der Waals surface area contributed by atoms with Crippen molar-refractivity contribution < 1.29 is 0 Å². The minimum atomic E-state index is 0.345. The predicted molar refractivity (Wildman–Crippen MR) is 64.5 cm³/mol. The summed E-state index contributed by atoms with van der Waals surface area (Å²) in [7, 11) is 0. The van der Waals surface area contributed by atoms with Crippen LogP contribution in [0.5, 0.6) is 0 Å². The first-order valence-electron chi connectivity index (χ1n) is 4.91. The molecule has 0 atom stereocenters. The number of hydrogen-bond acceptors (Lipinski definition) is 3. The normalized spacial score (nSPS) is 10.1. The van der Waals surface area contributed by atoms with E-state index in [9.17, 15) is 0 Å². The van der Waals surface area contributed by atoms with Crippen LogP contribution in [0.4, 0.5) is 0 Å². The van der Waals surface area contributed by atoms with Gasteiger partial charge < -0.3 is 10.6 Å². The van der Waals surface area contributed by atoms with Crippen molar-refractivity contribution in [1.82, 2.24) is 20.6 Å². The smallest absolute Gasteiger partial charge is 0.166 e. The molecule has 4 nitrogen and oxygen atoms in total. The zero-order valence-electron chi connectivity index (χ0n) is 9.24. The number of hydrogen-bond donors (Lipinski definition) is 2. The summed E-state index contributed by atoms with van der Waals surface area (Å²) in [5.41, 5.74) is 0.940. The molecular formula is C10H16N4S. The van der Waals surface area contributed by atoms with Crippen molar-refractivity contribution in [2.75, 3.05) is 0 Å². The Kier molecular flexibility index (Phi) is 4.42. The number of nitrogens with one attached hydrogen (secondary N) is 2. The predicted octanol–water partition coefficient (Wildman–Crippen LogP) is 1.16. The van der Waals surface area contributed by atoms with Gasteiger partial charge in [-0.15, -0.1) is 0 Å². The minimum Gasteiger partial charge on any atom is -0.361 e. The second kappa shape index (κ2) is 5.60. The molecule has 0 bridgehead atoms. The first-order valence-corrected chi connectivity index (χ1v) is 5.31. The molecule has 0 aliphatic heterocycles. The molecule has 0 aromatic carbocycles. The lowest BCUT2D eigenvalue weighted by atomic mass is 10.4. The van der Waals surface area contributed by atoms with E-state index in [-0.39, 0.29) is 0 Å². The lowest BCUT2D eigenvalue weighted by molar-refractivity contribution is 0.708. The quantitative estimate of drug-likeness (QED) is 0.755. The van der Waals surface area contributed by atoms with Crippen molar-refractivity contribution in [2.45, 2.75) is 33.4 Å². The topological polar surface area (TPSA) is 49.8 Å². The van der Waals surface area contributed by atoms with Gasteiger partial charge in [-0.05, 0) is 39.1 Å². The Morgan fingerprint density at radius 1 is 1.53 bits per heavy atom. The van der Waals surface area contributed by atoms with E-state index < -0.39 is 0 Å². The van der Waals surface area contributed by atoms with Gasteiger partial charge in [0.2, 0.25) is 0 Å². The minimum absolute atomic E-state index is 0.345. The fourth-order valence-corrected chi connectivity index (χ4v) is 1.40. The van der Waals surface area contributed by atoms with E-state index >= 15 is 0 Å². The maximum Gasteiger partial charge on any atom is 0.166 e. The average molecular weight is 224 g/mol. The molecule has 0 unspecified atom stereocenters. The van der Waals surface area contributed by atoms with Gasteiger partial charge in [-0.2, -0.15) is 0 Å². The Hall–Kier alpha value is -1.23. The lowest BCUT2D eigenvalue weighted by Gasteiger charge is -2.12. The Balaban J connectivity index is 2.40. The first kappa shape index (κ1) is 11.8. The van der Waals surface area contributed by atoms with Crippen molar-refractivity contribution in [3.05, 3.63) is 23.8 Å². The third kappa shape index (κ3) is 4.69. The van der Waals surface area contributed by atoms with E-state index in [1.54, 1.807) is 6.20 Å². The molecule has 2 N–H and O–H groups in total. The molecule has 0 spiro atoms. The van der Waals surface area contributed by atoms with Crippen LogP contribution in [-0.2, 0) is 6.54 Å². The highest BCUT2D eigenvalue weighted by Gasteiger charge is 1.99. The van der Waals surface area contributed by atoms with Gasteiger partial charge in [-0.1, -0.05) is 0 Å². The fraction of sp³-hybridized carbons (Fsp3) is 0.500. The molecule has 1 rings (SSSR count).